The van der Waals surface area contributed by atoms with Crippen LogP contribution in [0.3, 0.4) is 0 Å². The molecule has 0 saturated carbocycles. The molecule has 0 spiro atoms. The van der Waals surface area contributed by atoms with E-state index in [1.807, 2.05) is 21.1 Å². The van der Waals surface area contributed by atoms with Gasteiger partial charge in [0.2, 0.25) is 0 Å². The summed E-state index contributed by atoms with van der Waals surface area (Å²) in [4.78, 5) is 10.3. The highest BCUT2D eigenvalue weighted by Gasteiger charge is 2.20. The summed E-state index contributed by atoms with van der Waals surface area (Å²) in [5.41, 5.74) is 0.00944. The van der Waals surface area contributed by atoms with Gasteiger partial charge < -0.3 is 14.4 Å². The van der Waals surface area contributed by atoms with Crippen molar-refractivity contribution in [2.75, 3.05) is 21.1 Å². The second-order valence-electron chi connectivity index (χ2n) is 3.98. The molecule has 0 heterocycles. The van der Waals surface area contributed by atoms with Crippen LogP contribution in [-0.2, 0) is 4.79 Å². The Balaban J connectivity index is 3.91. The molecule has 0 rings (SSSR count). The molecule has 1 unspecified atom stereocenters. The Morgan fingerprint density at radius 1 is 1.54 bits per heavy atom. The summed E-state index contributed by atoms with van der Waals surface area (Å²) in [5.74, 6) is -1.19. The number of carbonyl (C=O) groups is 1. The monoisotopic (exact) mass is 205 g/mol. The minimum absolute atomic E-state index is 0.101. The third-order valence-electron chi connectivity index (χ3n) is 1.81. The molecule has 0 aliphatic carbocycles. The second-order valence-corrected chi connectivity index (χ2v) is 4.48. The molecule has 0 amide bonds. The van der Waals surface area contributed by atoms with Crippen molar-refractivity contribution in [3.05, 3.63) is 12.2 Å². The predicted molar refractivity (Wildman–Crippen MR) is 51.1 cm³/mol. The lowest BCUT2D eigenvalue weighted by Gasteiger charge is -2.29. The van der Waals surface area contributed by atoms with E-state index in [0.717, 1.165) is 0 Å². The van der Waals surface area contributed by atoms with Crippen molar-refractivity contribution >= 4 is 17.6 Å². The molecule has 4 heteroatoms. The quantitative estimate of drug-likeness (QED) is 0.281. The average Bonchev–Trinajstić information content (AvgIpc) is 1.97. The van der Waals surface area contributed by atoms with Crippen LogP contribution in [0.5, 0.6) is 0 Å². The van der Waals surface area contributed by atoms with Crippen molar-refractivity contribution in [2.24, 2.45) is 0 Å². The molecule has 0 aromatic carbocycles. The van der Waals surface area contributed by atoms with Gasteiger partial charge in [-0.05, 0) is 12.0 Å². The average molecular weight is 206 g/mol. The van der Waals surface area contributed by atoms with Crippen LogP contribution in [-0.4, -0.2) is 37.1 Å². The lowest BCUT2D eigenvalue weighted by Crippen LogP contribution is -2.41. The Hall–Kier alpha value is -0.540. The fraction of sp³-hybridized carbons (Fsp3) is 0.667. The number of quaternary nitrogens is 1. The summed E-state index contributed by atoms with van der Waals surface area (Å²) in [7, 11) is 5.87. The lowest BCUT2D eigenvalue weighted by molar-refractivity contribution is -0.882. The molecule has 0 saturated heterocycles. The molecule has 0 aliphatic rings. The number of rotatable bonds is 5. The summed E-state index contributed by atoms with van der Waals surface area (Å²) >= 11 is 6.02. The zero-order valence-electron chi connectivity index (χ0n) is 8.34. The van der Waals surface area contributed by atoms with Gasteiger partial charge in [-0.25, -0.2) is 0 Å². The number of halogens is 1. The fourth-order valence-electron chi connectivity index (χ4n) is 0.783. The third-order valence-corrected chi connectivity index (χ3v) is 2.62. The highest BCUT2D eigenvalue weighted by Crippen LogP contribution is 2.16. The van der Waals surface area contributed by atoms with E-state index in [-0.39, 0.29) is 11.1 Å². The topological polar surface area (TPSA) is 40.1 Å². The summed E-state index contributed by atoms with van der Waals surface area (Å²) in [6, 6.07) is 0. The Morgan fingerprint density at radius 3 is 2.31 bits per heavy atom. The molecular weight excluding hydrogens is 190 g/mol. The number of carbonyl (C=O) groups excluding carboxylic acids is 1. The van der Waals surface area contributed by atoms with E-state index in [1.54, 1.807) is 0 Å². The highest BCUT2D eigenvalue weighted by atomic mass is 35.5. The van der Waals surface area contributed by atoms with E-state index in [1.165, 1.54) is 0 Å². The van der Waals surface area contributed by atoms with Gasteiger partial charge in [-0.15, -0.1) is 0 Å². The van der Waals surface area contributed by atoms with Gasteiger partial charge in [-0.2, -0.15) is 0 Å². The number of alkyl halides is 1. The van der Waals surface area contributed by atoms with Crippen molar-refractivity contribution in [1.29, 1.82) is 0 Å². The zero-order valence-corrected chi connectivity index (χ0v) is 9.10. The number of carboxylic acids is 1. The van der Waals surface area contributed by atoms with Crippen LogP contribution < -0.4 is 5.11 Å². The molecule has 0 radical (unpaired) electrons. The molecular formula is C9H16ClNO2. The molecule has 0 aliphatic heterocycles. The predicted octanol–water partition coefficient (Wildman–Crippen LogP) is 0.344. The Kier molecular flexibility index (Phi) is 4.44. The number of nitrogens with zero attached hydrogens (tertiary/aromatic N) is 1. The van der Waals surface area contributed by atoms with Crippen molar-refractivity contribution < 1.29 is 14.4 Å². The molecule has 13 heavy (non-hydrogen) atoms. The van der Waals surface area contributed by atoms with Gasteiger partial charge in [0, 0.05) is 6.42 Å². The van der Waals surface area contributed by atoms with E-state index < -0.39 is 5.97 Å². The number of hydrogen-bond donors (Lipinski definition) is 0. The van der Waals surface area contributed by atoms with E-state index >= 15 is 0 Å². The Morgan fingerprint density at radius 2 is 2.00 bits per heavy atom. The molecule has 0 bridgehead atoms. The van der Waals surface area contributed by atoms with E-state index in [2.05, 4.69) is 6.58 Å². The highest BCUT2D eigenvalue weighted by molar-refractivity contribution is 6.19. The van der Waals surface area contributed by atoms with Crippen LogP contribution >= 0.6 is 11.6 Å². The molecule has 76 valence electrons. The maximum absolute atomic E-state index is 10.3. The summed E-state index contributed by atoms with van der Waals surface area (Å²) in [6.07, 6.45) is 0.976. The lowest BCUT2D eigenvalue weighted by atomic mass is 10.1. The maximum atomic E-state index is 10.3. The third kappa shape index (κ3) is 4.90. The van der Waals surface area contributed by atoms with Crippen molar-refractivity contribution in [3.63, 3.8) is 0 Å². The number of aliphatic carboxylic acids is 1. The molecule has 0 aromatic rings. The van der Waals surface area contributed by atoms with Gasteiger partial charge in [0.1, 0.15) is 0 Å². The first-order valence-electron chi connectivity index (χ1n) is 4.09. The van der Waals surface area contributed by atoms with Crippen LogP contribution in [0.4, 0.5) is 0 Å². The molecule has 3 nitrogen and oxygen atoms in total. The van der Waals surface area contributed by atoms with Gasteiger partial charge in [0.15, 0.2) is 5.50 Å². The van der Waals surface area contributed by atoms with Gasteiger partial charge in [0.05, 0.1) is 27.1 Å². The van der Waals surface area contributed by atoms with Crippen LogP contribution in [0.15, 0.2) is 12.2 Å². The van der Waals surface area contributed by atoms with Gasteiger partial charge >= 0.3 is 0 Å². The van der Waals surface area contributed by atoms with Gasteiger partial charge in [-0.1, -0.05) is 18.2 Å². The first kappa shape index (κ1) is 12.5. The first-order valence-corrected chi connectivity index (χ1v) is 4.53. The van der Waals surface area contributed by atoms with E-state index in [9.17, 15) is 9.90 Å². The number of carboxylic acid groups (broad SMARTS) is 1. The molecule has 1 atom stereocenters. The standard InChI is InChI=1S/C9H16ClNO2/c1-7(9(12)13)5-6-8(10)11(2,3)4/h8H,1,5-6H2,2-4H3. The maximum Gasteiger partial charge on any atom is 0.164 e. The molecule has 0 aromatic heterocycles. The van der Waals surface area contributed by atoms with Crippen molar-refractivity contribution in [1.82, 2.24) is 0 Å². The summed E-state index contributed by atoms with van der Waals surface area (Å²) in [6.45, 7) is 3.38. The van der Waals surface area contributed by atoms with Crippen LogP contribution in [0, 0.1) is 0 Å². The smallest absolute Gasteiger partial charge is 0.164 e. The molecule has 0 fully saturated rings. The zero-order chi connectivity index (χ0) is 10.6. The first-order chi connectivity index (χ1) is 5.75. The summed E-state index contributed by atoms with van der Waals surface area (Å²) in [5, 5.41) is 10.3. The van der Waals surface area contributed by atoms with Crippen molar-refractivity contribution in [3.8, 4) is 0 Å². The largest absolute Gasteiger partial charge is 0.545 e. The Labute approximate surface area is 84.2 Å². The normalized spacial score (nSPS) is 13.8. The van der Waals surface area contributed by atoms with E-state index in [0.29, 0.717) is 17.3 Å². The fourth-order valence-corrected chi connectivity index (χ4v) is 0.892. The number of hydrogen-bond acceptors (Lipinski definition) is 2. The Bertz CT molecular complexity index is 208. The second kappa shape index (κ2) is 4.63. The van der Waals surface area contributed by atoms with Crippen LogP contribution in [0.1, 0.15) is 12.8 Å². The van der Waals surface area contributed by atoms with Crippen LogP contribution in [0.25, 0.3) is 0 Å². The minimum atomic E-state index is -1.19. The van der Waals surface area contributed by atoms with Crippen LogP contribution in [0.2, 0.25) is 0 Å². The van der Waals surface area contributed by atoms with Gasteiger partial charge in [-0.3, -0.25) is 0 Å². The van der Waals surface area contributed by atoms with Gasteiger partial charge in [0.25, 0.3) is 0 Å². The SMILES string of the molecule is C=C(CCC(Cl)[N+](C)(C)C)C(=O)[O-]. The van der Waals surface area contributed by atoms with E-state index in [4.69, 9.17) is 11.6 Å². The van der Waals surface area contributed by atoms with Crippen molar-refractivity contribution in [2.45, 2.75) is 18.3 Å². The minimum Gasteiger partial charge on any atom is -0.545 e. The molecule has 0 N–H and O–H groups in total. The summed E-state index contributed by atoms with van der Waals surface area (Å²) < 4.78 is 0.599.